The van der Waals surface area contributed by atoms with Gasteiger partial charge in [0.1, 0.15) is 17.1 Å². The van der Waals surface area contributed by atoms with E-state index in [9.17, 15) is 9.59 Å². The van der Waals surface area contributed by atoms with Crippen LogP contribution < -0.4 is 0 Å². The molecule has 0 bridgehead atoms. The lowest BCUT2D eigenvalue weighted by atomic mass is 10.2. The molecule has 1 aliphatic heterocycles. The molecule has 0 aliphatic carbocycles. The van der Waals surface area contributed by atoms with Crippen molar-refractivity contribution < 1.29 is 23.5 Å². The van der Waals surface area contributed by atoms with Crippen LogP contribution in [-0.4, -0.2) is 61.8 Å². The van der Waals surface area contributed by atoms with Crippen molar-refractivity contribution in [3.05, 3.63) is 23.2 Å². The fourth-order valence-electron chi connectivity index (χ4n) is 2.46. The van der Waals surface area contributed by atoms with Crippen LogP contribution in [0.5, 0.6) is 0 Å². The van der Waals surface area contributed by atoms with E-state index >= 15 is 0 Å². The maximum absolute atomic E-state index is 11.6. The van der Waals surface area contributed by atoms with Crippen molar-refractivity contribution in [1.82, 2.24) is 9.80 Å². The highest BCUT2D eigenvalue weighted by Crippen LogP contribution is 2.18. The first kappa shape index (κ1) is 16.4. The quantitative estimate of drug-likeness (QED) is 0.787. The van der Waals surface area contributed by atoms with E-state index in [1.807, 2.05) is 0 Å². The molecule has 2 heterocycles. The number of nitrogens with zero attached hydrogens (tertiary/aromatic N) is 2. The number of aryl methyl sites for hydroxylation is 1. The highest BCUT2D eigenvalue weighted by molar-refractivity contribution is 5.90. The number of carbonyl (C=O) groups excluding carboxylic acids is 2. The van der Waals surface area contributed by atoms with Gasteiger partial charge < -0.3 is 18.8 Å². The molecule has 0 saturated carbocycles. The van der Waals surface area contributed by atoms with Crippen LogP contribution in [0.15, 0.2) is 10.5 Å². The Morgan fingerprint density at radius 1 is 1.27 bits per heavy atom. The predicted molar refractivity (Wildman–Crippen MR) is 78.7 cm³/mol. The molecule has 0 aromatic carbocycles. The molecule has 2 rings (SSSR count). The van der Waals surface area contributed by atoms with Gasteiger partial charge in [-0.25, -0.2) is 9.59 Å². The summed E-state index contributed by atoms with van der Waals surface area (Å²) in [6.45, 7) is 7.28. The van der Waals surface area contributed by atoms with Gasteiger partial charge in [-0.15, -0.1) is 0 Å². The van der Waals surface area contributed by atoms with Crippen molar-refractivity contribution >= 4 is 12.1 Å². The molecule has 1 aliphatic rings. The van der Waals surface area contributed by atoms with Gasteiger partial charge >= 0.3 is 12.1 Å². The van der Waals surface area contributed by atoms with E-state index in [1.165, 1.54) is 7.11 Å². The Labute approximate surface area is 129 Å². The van der Waals surface area contributed by atoms with Crippen molar-refractivity contribution in [1.29, 1.82) is 0 Å². The van der Waals surface area contributed by atoms with Gasteiger partial charge in [0.25, 0.3) is 0 Å². The van der Waals surface area contributed by atoms with Gasteiger partial charge in [0.05, 0.1) is 20.3 Å². The third-order valence-corrected chi connectivity index (χ3v) is 3.65. The average Bonchev–Trinajstić information content (AvgIpc) is 2.88. The van der Waals surface area contributed by atoms with Crippen LogP contribution >= 0.6 is 0 Å². The Bertz CT molecular complexity index is 532. The molecule has 1 saturated heterocycles. The van der Waals surface area contributed by atoms with Gasteiger partial charge in [-0.2, -0.15) is 0 Å². The number of piperazine rings is 1. The van der Waals surface area contributed by atoms with E-state index in [-0.39, 0.29) is 12.1 Å². The third-order valence-electron chi connectivity index (χ3n) is 3.65. The summed E-state index contributed by atoms with van der Waals surface area (Å²) in [6, 6.07) is 1.72. The van der Waals surface area contributed by atoms with Gasteiger partial charge in [0.15, 0.2) is 0 Å². The molecule has 0 radical (unpaired) electrons. The number of amides is 1. The first-order chi connectivity index (χ1) is 10.5. The van der Waals surface area contributed by atoms with E-state index in [4.69, 9.17) is 13.9 Å². The first-order valence-electron chi connectivity index (χ1n) is 7.36. The van der Waals surface area contributed by atoms with Crippen LogP contribution in [0.25, 0.3) is 0 Å². The van der Waals surface area contributed by atoms with E-state index in [0.29, 0.717) is 37.6 Å². The predicted octanol–water partition coefficient (Wildman–Crippen LogP) is 1.65. The number of furan rings is 1. The summed E-state index contributed by atoms with van der Waals surface area (Å²) in [4.78, 5) is 27.1. The highest BCUT2D eigenvalue weighted by Gasteiger charge is 2.23. The summed E-state index contributed by atoms with van der Waals surface area (Å²) in [6.07, 6.45) is -0.260. The van der Waals surface area contributed by atoms with Crippen molar-refractivity contribution in [2.24, 2.45) is 0 Å². The summed E-state index contributed by atoms with van der Waals surface area (Å²) in [5.74, 6) is 0.897. The topological polar surface area (TPSA) is 72.2 Å². The zero-order valence-corrected chi connectivity index (χ0v) is 13.3. The number of methoxy groups -OCH3 is 1. The minimum Gasteiger partial charge on any atom is -0.465 e. The van der Waals surface area contributed by atoms with E-state index in [1.54, 1.807) is 24.8 Å². The maximum Gasteiger partial charge on any atom is 0.409 e. The summed E-state index contributed by atoms with van der Waals surface area (Å²) in [7, 11) is 1.35. The molecule has 122 valence electrons. The maximum atomic E-state index is 11.6. The van der Waals surface area contributed by atoms with Gasteiger partial charge in [-0.05, 0) is 19.9 Å². The van der Waals surface area contributed by atoms with Crippen LogP contribution in [0.3, 0.4) is 0 Å². The third kappa shape index (κ3) is 3.79. The zero-order chi connectivity index (χ0) is 16.1. The Morgan fingerprint density at radius 2 is 1.95 bits per heavy atom. The number of ether oxygens (including phenoxy) is 2. The Kier molecular flexibility index (Phi) is 5.43. The fraction of sp³-hybridized carbons (Fsp3) is 0.600. The van der Waals surface area contributed by atoms with Crippen molar-refractivity contribution in [3.63, 3.8) is 0 Å². The van der Waals surface area contributed by atoms with Crippen molar-refractivity contribution in [3.8, 4) is 0 Å². The molecule has 1 amide bonds. The molecule has 0 N–H and O–H groups in total. The number of carbonyl (C=O) groups is 2. The number of esters is 1. The van der Waals surface area contributed by atoms with Gasteiger partial charge in [-0.3, -0.25) is 4.90 Å². The standard InChI is InChI=1S/C15H22N2O5/c1-4-21-15(19)17-7-5-16(6-8-17)10-12-9-13(11(2)22-12)14(18)20-3/h9H,4-8,10H2,1-3H3. The molecule has 1 aromatic rings. The van der Waals surface area contributed by atoms with Crippen molar-refractivity contribution in [2.45, 2.75) is 20.4 Å². The SMILES string of the molecule is CCOC(=O)N1CCN(Cc2cc(C(=O)OC)c(C)o2)CC1. The van der Waals surface area contributed by atoms with Gasteiger partial charge in [0, 0.05) is 26.2 Å². The van der Waals surface area contributed by atoms with Gasteiger partial charge in [0.2, 0.25) is 0 Å². The molecule has 0 atom stereocenters. The van der Waals surface area contributed by atoms with Gasteiger partial charge in [-0.1, -0.05) is 0 Å². The minimum atomic E-state index is -0.389. The Hall–Kier alpha value is -2.02. The Balaban J connectivity index is 1.88. The fourth-order valence-corrected chi connectivity index (χ4v) is 2.46. The van der Waals surface area contributed by atoms with E-state index < -0.39 is 0 Å². The smallest absolute Gasteiger partial charge is 0.409 e. The second-order valence-electron chi connectivity index (χ2n) is 5.14. The molecule has 7 nitrogen and oxygen atoms in total. The second kappa shape index (κ2) is 7.31. The monoisotopic (exact) mass is 310 g/mol. The van der Waals surface area contributed by atoms with Crippen molar-refractivity contribution in [2.75, 3.05) is 39.9 Å². The highest BCUT2D eigenvalue weighted by atomic mass is 16.6. The first-order valence-corrected chi connectivity index (χ1v) is 7.36. The summed E-state index contributed by atoms with van der Waals surface area (Å²) in [5.41, 5.74) is 0.461. The normalized spacial score (nSPS) is 15.7. The molecule has 7 heteroatoms. The number of rotatable bonds is 4. The summed E-state index contributed by atoms with van der Waals surface area (Å²) in [5, 5.41) is 0. The molecular formula is C15H22N2O5. The molecule has 1 aromatic heterocycles. The van der Waals surface area contributed by atoms with Crippen LogP contribution in [0.2, 0.25) is 0 Å². The van der Waals surface area contributed by atoms with Crippen LogP contribution in [0, 0.1) is 6.92 Å². The number of hydrogen-bond donors (Lipinski definition) is 0. The lowest BCUT2D eigenvalue weighted by molar-refractivity contribution is 0.0598. The van der Waals surface area contributed by atoms with E-state index in [2.05, 4.69) is 4.90 Å². The minimum absolute atomic E-state index is 0.260. The molecular weight excluding hydrogens is 288 g/mol. The van der Waals surface area contributed by atoms with Crippen LogP contribution in [-0.2, 0) is 16.0 Å². The molecule has 0 unspecified atom stereocenters. The van der Waals surface area contributed by atoms with Crippen LogP contribution in [0.1, 0.15) is 28.8 Å². The molecule has 1 fully saturated rings. The summed E-state index contributed by atoms with van der Waals surface area (Å²) < 4.78 is 15.3. The molecule has 22 heavy (non-hydrogen) atoms. The average molecular weight is 310 g/mol. The lowest BCUT2D eigenvalue weighted by Crippen LogP contribution is -2.48. The zero-order valence-electron chi connectivity index (χ0n) is 13.3. The Morgan fingerprint density at radius 3 is 2.55 bits per heavy atom. The van der Waals surface area contributed by atoms with E-state index in [0.717, 1.165) is 18.8 Å². The second-order valence-corrected chi connectivity index (χ2v) is 5.14. The molecule has 0 spiro atoms. The lowest BCUT2D eigenvalue weighted by Gasteiger charge is -2.33. The van der Waals surface area contributed by atoms with Crippen LogP contribution in [0.4, 0.5) is 4.79 Å². The number of hydrogen-bond acceptors (Lipinski definition) is 6. The largest absolute Gasteiger partial charge is 0.465 e. The summed E-state index contributed by atoms with van der Waals surface area (Å²) >= 11 is 0.